The maximum Gasteiger partial charge on any atom is 0.143 e. The molecule has 1 aromatic heterocycles. The zero-order valence-corrected chi connectivity index (χ0v) is 26.9. The fraction of sp³-hybridized carbons (Fsp3) is 0.0638. The lowest BCUT2D eigenvalue weighted by atomic mass is 9.82. The Morgan fingerprint density at radius 2 is 1.29 bits per heavy atom. The Bertz CT molecular complexity index is 3160. The third-order valence-electron chi connectivity index (χ3n) is 10.2. The van der Waals surface area contributed by atoms with Crippen LogP contribution >= 0.6 is 0 Å². The topological polar surface area (TPSA) is 16.4 Å². The first-order valence-corrected chi connectivity index (χ1v) is 16.5. The van der Waals surface area contributed by atoms with Gasteiger partial charge in [0.1, 0.15) is 11.2 Å². The van der Waals surface area contributed by atoms with Gasteiger partial charge in [-0.05, 0) is 75.0 Å². The smallest absolute Gasteiger partial charge is 0.143 e. The number of para-hydroxylation sites is 1. The average molecular weight is 635 g/mol. The molecule has 2 heteroatoms. The number of rotatable bonds is 4. The molecule has 0 bridgehead atoms. The van der Waals surface area contributed by atoms with Gasteiger partial charge in [-0.2, -0.15) is 0 Å². The molecule has 0 unspecified atom stereocenters. The molecule has 0 saturated heterocycles. The number of fused-ring (bicyclic) bond motifs is 9. The summed E-state index contributed by atoms with van der Waals surface area (Å²) in [4.78, 5) is 1.86. The molecule has 49 heavy (non-hydrogen) atoms. The summed E-state index contributed by atoms with van der Waals surface area (Å²) >= 11 is 0. The summed E-state index contributed by atoms with van der Waals surface area (Å²) < 4.78 is 69.4. The molecule has 8 aromatic carbocycles. The van der Waals surface area contributed by atoms with Crippen molar-refractivity contribution in [3.8, 4) is 22.3 Å². The number of anilines is 3. The molecule has 0 N–H and O–H groups in total. The van der Waals surface area contributed by atoms with Crippen LogP contribution in [0.3, 0.4) is 0 Å². The lowest BCUT2D eigenvalue weighted by Crippen LogP contribution is -2.17. The zero-order chi connectivity index (χ0) is 38.8. The Hall–Kier alpha value is -6.12. The van der Waals surface area contributed by atoms with E-state index < -0.39 is 30.2 Å². The average Bonchev–Trinajstić information content (AvgIpc) is 3.72. The molecule has 0 fully saturated rings. The summed E-state index contributed by atoms with van der Waals surface area (Å²) in [6.45, 7) is 4.37. The first-order chi connectivity index (χ1) is 27.0. The Morgan fingerprint density at radius 3 is 2.22 bits per heavy atom. The molecule has 0 aliphatic heterocycles. The summed E-state index contributed by atoms with van der Waals surface area (Å²) in [5, 5.41) is 3.84. The highest BCUT2D eigenvalue weighted by Crippen LogP contribution is 2.52. The maximum atomic E-state index is 9.52. The van der Waals surface area contributed by atoms with Gasteiger partial charge in [-0.25, -0.2) is 0 Å². The van der Waals surface area contributed by atoms with E-state index in [0.717, 1.165) is 54.9 Å². The van der Waals surface area contributed by atoms with Crippen LogP contribution in [0.5, 0.6) is 0 Å². The van der Waals surface area contributed by atoms with E-state index in [2.05, 4.69) is 62.4 Å². The second-order valence-corrected chi connectivity index (χ2v) is 13.2. The Morgan fingerprint density at radius 1 is 0.531 bits per heavy atom. The van der Waals surface area contributed by atoms with Gasteiger partial charge in [-0.15, -0.1) is 0 Å². The van der Waals surface area contributed by atoms with Crippen LogP contribution in [0.25, 0.3) is 65.7 Å². The number of hydrogen-bond donors (Lipinski definition) is 0. The molecule has 232 valence electrons. The highest BCUT2D eigenvalue weighted by molar-refractivity contribution is 6.20. The van der Waals surface area contributed by atoms with Crippen LogP contribution in [0.1, 0.15) is 34.6 Å². The SMILES string of the molecule is [2H]c1c([2H])c([2H])c2c(N(c3ccc4c(c3)C(C)(C)c3ccccc3-4)c3ccccc3-c3cccc4oc5c6ccccc6ccc5c34)c([2H])c([2H])c([2H])c2c1[2H]. The molecular weight excluding hydrogens is 595 g/mol. The minimum atomic E-state index is -0.492. The molecule has 0 amide bonds. The van der Waals surface area contributed by atoms with Crippen LogP contribution in [0, 0.1) is 0 Å². The highest BCUT2D eigenvalue weighted by atomic mass is 16.3. The van der Waals surface area contributed by atoms with Gasteiger partial charge >= 0.3 is 0 Å². The van der Waals surface area contributed by atoms with E-state index >= 15 is 0 Å². The largest absolute Gasteiger partial charge is 0.455 e. The number of nitrogens with zero attached hydrogens (tertiary/aromatic N) is 1. The Balaban J connectivity index is 1.33. The van der Waals surface area contributed by atoms with Crippen LogP contribution in [0.2, 0.25) is 0 Å². The van der Waals surface area contributed by atoms with Crippen LogP contribution < -0.4 is 4.90 Å². The van der Waals surface area contributed by atoms with Crippen LogP contribution in [0.4, 0.5) is 17.1 Å². The monoisotopic (exact) mass is 634 g/mol. The molecule has 0 radical (unpaired) electrons. The van der Waals surface area contributed by atoms with Gasteiger partial charge in [-0.1, -0.05) is 141 Å². The van der Waals surface area contributed by atoms with Crippen molar-refractivity contribution in [2.24, 2.45) is 0 Å². The predicted molar refractivity (Wildman–Crippen MR) is 206 cm³/mol. The summed E-state index contributed by atoms with van der Waals surface area (Å²) in [5.74, 6) is 0. The van der Waals surface area contributed by atoms with E-state index in [1.54, 1.807) is 0 Å². The molecule has 0 atom stereocenters. The van der Waals surface area contributed by atoms with Crippen molar-refractivity contribution >= 4 is 60.5 Å². The van der Waals surface area contributed by atoms with E-state index in [0.29, 0.717) is 17.0 Å². The zero-order valence-electron chi connectivity index (χ0n) is 33.9. The van der Waals surface area contributed by atoms with Crippen LogP contribution in [-0.4, -0.2) is 0 Å². The van der Waals surface area contributed by atoms with E-state index in [1.165, 1.54) is 5.56 Å². The fourth-order valence-electron chi connectivity index (χ4n) is 7.86. The molecule has 1 heterocycles. The van der Waals surface area contributed by atoms with Crippen molar-refractivity contribution in [2.75, 3.05) is 4.90 Å². The molecule has 1 aliphatic rings. The third kappa shape index (κ3) is 4.07. The molecule has 2 nitrogen and oxygen atoms in total. The number of hydrogen-bond acceptors (Lipinski definition) is 2. The fourth-order valence-corrected chi connectivity index (χ4v) is 7.86. The van der Waals surface area contributed by atoms with Crippen molar-refractivity contribution in [3.63, 3.8) is 0 Å². The summed E-state index contributed by atoms with van der Waals surface area (Å²) in [6.07, 6.45) is 0. The van der Waals surface area contributed by atoms with Crippen molar-refractivity contribution in [3.05, 3.63) is 175 Å². The third-order valence-corrected chi connectivity index (χ3v) is 10.2. The molecular formula is C47H33NO. The van der Waals surface area contributed by atoms with Crippen LogP contribution in [-0.2, 0) is 5.41 Å². The lowest BCUT2D eigenvalue weighted by Gasteiger charge is -2.30. The van der Waals surface area contributed by atoms with Gasteiger partial charge in [-0.3, -0.25) is 0 Å². The van der Waals surface area contributed by atoms with Gasteiger partial charge in [0.25, 0.3) is 0 Å². The summed E-state index contributed by atoms with van der Waals surface area (Å²) in [5.41, 5.74) is 8.62. The minimum absolute atomic E-state index is 0.0123. The number of furan rings is 1. The van der Waals surface area contributed by atoms with Gasteiger partial charge in [0.15, 0.2) is 0 Å². The lowest BCUT2D eigenvalue weighted by molar-refractivity contribution is 0.660. The van der Waals surface area contributed by atoms with Crippen molar-refractivity contribution in [1.29, 1.82) is 0 Å². The number of benzene rings is 8. The predicted octanol–water partition coefficient (Wildman–Crippen LogP) is 13.3. The van der Waals surface area contributed by atoms with Crippen molar-refractivity contribution < 1.29 is 14.0 Å². The molecule has 0 saturated carbocycles. The normalized spacial score (nSPS) is 15.3. The second kappa shape index (κ2) is 10.4. The quantitative estimate of drug-likeness (QED) is 0.191. The van der Waals surface area contributed by atoms with E-state index in [1.807, 2.05) is 77.7 Å². The molecule has 9 aromatic rings. The van der Waals surface area contributed by atoms with Gasteiger partial charge in [0.05, 0.1) is 21.0 Å². The Labute approximate surface area is 295 Å². The summed E-state index contributed by atoms with van der Waals surface area (Å²) in [7, 11) is 0. The molecule has 0 spiro atoms. The minimum Gasteiger partial charge on any atom is -0.455 e. The van der Waals surface area contributed by atoms with E-state index in [-0.39, 0.29) is 34.0 Å². The standard InChI is InChI=1S/C47H33NO/c1-47(2)40-21-9-7-18-35(40)36-28-26-32(29-41(36)47)48(42-23-11-15-30-13-3-5-16-33(30)42)43-22-10-8-19-37(43)38-20-12-24-44-45(38)39-27-25-31-14-4-6-17-34(31)46(39)49-44/h3-29H,1-2H3/i3D,5D,11D,13D,15D,16D,23D. The van der Waals surface area contributed by atoms with Gasteiger partial charge in [0.2, 0.25) is 0 Å². The van der Waals surface area contributed by atoms with Crippen molar-refractivity contribution in [1.82, 2.24) is 0 Å². The Kier molecular flexibility index (Phi) is 4.62. The first kappa shape index (κ1) is 21.7. The highest BCUT2D eigenvalue weighted by Gasteiger charge is 2.36. The molecule has 10 rings (SSSR count). The van der Waals surface area contributed by atoms with E-state index in [4.69, 9.17) is 11.3 Å². The molecule has 1 aliphatic carbocycles. The first-order valence-electron chi connectivity index (χ1n) is 20.0. The van der Waals surface area contributed by atoms with Crippen LogP contribution in [0.15, 0.2) is 168 Å². The van der Waals surface area contributed by atoms with E-state index in [9.17, 15) is 2.74 Å². The van der Waals surface area contributed by atoms with Crippen molar-refractivity contribution in [2.45, 2.75) is 19.3 Å². The summed E-state index contributed by atoms with van der Waals surface area (Å²) in [6, 6.07) is 37.6. The van der Waals surface area contributed by atoms with Gasteiger partial charge in [0, 0.05) is 38.2 Å². The van der Waals surface area contributed by atoms with Gasteiger partial charge < -0.3 is 9.32 Å². The maximum absolute atomic E-state index is 9.52. The second-order valence-electron chi connectivity index (χ2n) is 13.2.